The largest absolute Gasteiger partial charge is 0.496 e. The van der Waals surface area contributed by atoms with Crippen LogP contribution >= 0.6 is 24.8 Å². The molecule has 7 heteroatoms. The van der Waals surface area contributed by atoms with Gasteiger partial charge in [0.1, 0.15) is 11.5 Å². The highest BCUT2D eigenvalue weighted by atomic mass is 35.5. The topological polar surface area (TPSA) is 64.5 Å². The average molecular weight is 416 g/mol. The van der Waals surface area contributed by atoms with E-state index in [1.165, 1.54) is 12.8 Å². The van der Waals surface area contributed by atoms with E-state index in [1.54, 1.807) is 7.11 Å². The second-order valence-electron chi connectivity index (χ2n) is 7.11. The fraction of sp³-hybridized carbons (Fsp3) is 0.550. The molecular weight excluding hydrogens is 385 g/mol. The van der Waals surface area contributed by atoms with Crippen LogP contribution in [0, 0.1) is 26.7 Å². The number of aromatic nitrogens is 1. The van der Waals surface area contributed by atoms with Gasteiger partial charge in [0.05, 0.1) is 12.8 Å². The molecule has 0 atom stereocenters. The molecule has 1 fully saturated rings. The number of piperidine rings is 1. The molecule has 2 N–H and O–H groups in total. The van der Waals surface area contributed by atoms with Gasteiger partial charge in [0.15, 0.2) is 0 Å². The minimum atomic E-state index is 0. The van der Waals surface area contributed by atoms with E-state index >= 15 is 0 Å². The zero-order chi connectivity index (χ0) is 18.0. The van der Waals surface area contributed by atoms with Crippen LogP contribution in [0.4, 0.5) is 0 Å². The van der Waals surface area contributed by atoms with Crippen molar-refractivity contribution in [1.82, 2.24) is 9.88 Å². The molecule has 1 aromatic heterocycles. The van der Waals surface area contributed by atoms with Crippen LogP contribution in [0.2, 0.25) is 0 Å². The van der Waals surface area contributed by atoms with Gasteiger partial charge < -0.3 is 14.9 Å². The van der Waals surface area contributed by atoms with Crippen molar-refractivity contribution >= 4 is 24.8 Å². The van der Waals surface area contributed by atoms with Crippen molar-refractivity contribution in [2.24, 2.45) is 11.7 Å². The lowest BCUT2D eigenvalue weighted by Crippen LogP contribution is -2.35. The van der Waals surface area contributed by atoms with Gasteiger partial charge >= 0.3 is 0 Å². The molecule has 5 nitrogen and oxygen atoms in total. The Kier molecular flexibility index (Phi) is 9.09. The Balaban J connectivity index is 0.00000182. The summed E-state index contributed by atoms with van der Waals surface area (Å²) >= 11 is 0. The number of ether oxygens (including phenoxy) is 1. The van der Waals surface area contributed by atoms with Crippen LogP contribution in [-0.2, 0) is 6.54 Å². The standard InChI is InChI=1S/C20H29N3O2.2ClH/c1-13-10-19(24-4)14(2)9-17(13)20-22-18(15(3)25-20)12-23-7-5-16(11-21)6-8-23;;/h9-10,16H,5-8,11-12,21H2,1-4H3;2*1H. The van der Waals surface area contributed by atoms with Crippen LogP contribution in [0.5, 0.6) is 5.75 Å². The van der Waals surface area contributed by atoms with E-state index in [-0.39, 0.29) is 24.8 Å². The van der Waals surface area contributed by atoms with Crippen LogP contribution in [0.3, 0.4) is 0 Å². The summed E-state index contributed by atoms with van der Waals surface area (Å²) in [6.07, 6.45) is 2.36. The zero-order valence-corrected chi connectivity index (χ0v) is 18.2. The summed E-state index contributed by atoms with van der Waals surface area (Å²) in [7, 11) is 1.70. The first-order valence-electron chi connectivity index (χ1n) is 9.06. The van der Waals surface area contributed by atoms with Crippen LogP contribution in [-0.4, -0.2) is 36.6 Å². The molecular formula is C20H31Cl2N3O2. The Morgan fingerprint density at radius 1 is 1.15 bits per heavy atom. The van der Waals surface area contributed by atoms with E-state index in [0.29, 0.717) is 11.8 Å². The van der Waals surface area contributed by atoms with E-state index in [4.69, 9.17) is 19.9 Å². The van der Waals surface area contributed by atoms with Gasteiger partial charge in [-0.25, -0.2) is 4.98 Å². The molecule has 0 radical (unpaired) electrons. The van der Waals surface area contributed by atoms with Crippen LogP contribution < -0.4 is 10.5 Å². The minimum absolute atomic E-state index is 0. The number of nitrogens with two attached hydrogens (primary N) is 1. The number of aryl methyl sites for hydroxylation is 3. The summed E-state index contributed by atoms with van der Waals surface area (Å²) in [5, 5.41) is 0. The summed E-state index contributed by atoms with van der Waals surface area (Å²) in [5.74, 6) is 3.18. The number of methoxy groups -OCH3 is 1. The Morgan fingerprint density at radius 2 is 1.81 bits per heavy atom. The number of halogens is 2. The number of likely N-dealkylation sites (tertiary alicyclic amines) is 1. The van der Waals surface area contributed by atoms with Gasteiger partial charge in [-0.1, -0.05) is 0 Å². The van der Waals surface area contributed by atoms with Crippen molar-refractivity contribution in [3.8, 4) is 17.2 Å². The first-order chi connectivity index (χ1) is 12.0. The molecule has 2 heterocycles. The first-order valence-corrected chi connectivity index (χ1v) is 9.06. The summed E-state index contributed by atoms with van der Waals surface area (Å²) < 4.78 is 11.4. The van der Waals surface area contributed by atoms with E-state index in [0.717, 1.165) is 60.1 Å². The smallest absolute Gasteiger partial charge is 0.226 e. The van der Waals surface area contributed by atoms with Crippen molar-refractivity contribution < 1.29 is 9.15 Å². The lowest BCUT2D eigenvalue weighted by Gasteiger charge is -2.30. The van der Waals surface area contributed by atoms with Gasteiger partial charge in [-0.05, 0) is 82.4 Å². The lowest BCUT2D eigenvalue weighted by atomic mass is 9.97. The van der Waals surface area contributed by atoms with Crippen molar-refractivity contribution in [3.05, 3.63) is 34.7 Å². The Morgan fingerprint density at radius 3 is 2.41 bits per heavy atom. The summed E-state index contributed by atoms with van der Waals surface area (Å²) in [6.45, 7) is 9.94. The van der Waals surface area contributed by atoms with Gasteiger partial charge in [0.2, 0.25) is 5.89 Å². The quantitative estimate of drug-likeness (QED) is 0.788. The number of rotatable bonds is 5. The van der Waals surface area contributed by atoms with E-state index in [1.807, 2.05) is 19.9 Å². The van der Waals surface area contributed by atoms with Gasteiger partial charge in [-0.2, -0.15) is 0 Å². The second kappa shape index (κ2) is 10.3. The summed E-state index contributed by atoms with van der Waals surface area (Å²) in [6, 6.07) is 4.14. The number of hydrogen-bond donors (Lipinski definition) is 1. The van der Waals surface area contributed by atoms with Crippen LogP contribution in [0.1, 0.15) is 35.4 Å². The molecule has 0 saturated carbocycles. The highest BCUT2D eigenvalue weighted by molar-refractivity contribution is 5.85. The average Bonchev–Trinajstić information content (AvgIpc) is 2.97. The van der Waals surface area contributed by atoms with Gasteiger partial charge in [0, 0.05) is 12.1 Å². The molecule has 0 amide bonds. The van der Waals surface area contributed by atoms with E-state index in [9.17, 15) is 0 Å². The maximum atomic E-state index is 6.00. The summed E-state index contributed by atoms with van der Waals surface area (Å²) in [4.78, 5) is 7.25. The van der Waals surface area contributed by atoms with Gasteiger partial charge in [-0.15, -0.1) is 24.8 Å². The predicted molar refractivity (Wildman–Crippen MR) is 114 cm³/mol. The fourth-order valence-corrected chi connectivity index (χ4v) is 3.52. The molecule has 1 saturated heterocycles. The lowest BCUT2D eigenvalue weighted by molar-refractivity contribution is 0.178. The maximum Gasteiger partial charge on any atom is 0.226 e. The number of benzene rings is 1. The molecule has 3 rings (SSSR count). The van der Waals surface area contributed by atoms with Crippen molar-refractivity contribution in [2.75, 3.05) is 26.7 Å². The molecule has 0 spiro atoms. The van der Waals surface area contributed by atoms with E-state index < -0.39 is 0 Å². The monoisotopic (exact) mass is 415 g/mol. The van der Waals surface area contributed by atoms with Crippen molar-refractivity contribution in [2.45, 2.75) is 40.2 Å². The third-order valence-electron chi connectivity index (χ3n) is 5.28. The third kappa shape index (κ3) is 5.38. The zero-order valence-electron chi connectivity index (χ0n) is 16.6. The Hall–Kier alpha value is -1.27. The minimum Gasteiger partial charge on any atom is -0.496 e. The van der Waals surface area contributed by atoms with Crippen molar-refractivity contribution in [1.29, 1.82) is 0 Å². The number of oxazole rings is 1. The predicted octanol–water partition coefficient (Wildman–Crippen LogP) is 4.29. The fourth-order valence-electron chi connectivity index (χ4n) is 3.52. The normalized spacial score (nSPS) is 15.1. The van der Waals surface area contributed by atoms with Crippen LogP contribution in [0.15, 0.2) is 16.5 Å². The van der Waals surface area contributed by atoms with Gasteiger partial charge in [0.25, 0.3) is 0 Å². The Bertz CT molecular complexity index is 741. The molecule has 0 aliphatic carbocycles. The number of nitrogens with zero attached hydrogens (tertiary/aromatic N) is 2. The molecule has 1 aromatic carbocycles. The molecule has 1 aliphatic rings. The van der Waals surface area contributed by atoms with Crippen LogP contribution in [0.25, 0.3) is 11.5 Å². The Labute approximate surface area is 174 Å². The molecule has 0 bridgehead atoms. The third-order valence-corrected chi connectivity index (χ3v) is 5.28. The number of hydrogen-bond acceptors (Lipinski definition) is 5. The molecule has 27 heavy (non-hydrogen) atoms. The van der Waals surface area contributed by atoms with E-state index in [2.05, 4.69) is 17.9 Å². The summed E-state index contributed by atoms with van der Waals surface area (Å²) in [5.41, 5.74) is 10.1. The van der Waals surface area contributed by atoms with Crippen molar-refractivity contribution in [3.63, 3.8) is 0 Å². The van der Waals surface area contributed by atoms with Gasteiger partial charge in [-0.3, -0.25) is 4.90 Å². The molecule has 2 aromatic rings. The molecule has 0 unspecified atom stereocenters. The SMILES string of the molecule is COc1cc(C)c(-c2nc(CN3CCC(CN)CC3)c(C)o2)cc1C.Cl.Cl. The maximum absolute atomic E-state index is 6.00. The molecule has 1 aliphatic heterocycles. The second-order valence-corrected chi connectivity index (χ2v) is 7.11. The highest BCUT2D eigenvalue weighted by Gasteiger charge is 2.21. The first kappa shape index (κ1) is 23.8. The molecule has 152 valence electrons. The highest BCUT2D eigenvalue weighted by Crippen LogP contribution is 2.31.